The molecule has 3 N–H and O–H groups in total. The maximum Gasteiger partial charge on any atom is 0.224 e. The van der Waals surface area contributed by atoms with Crippen LogP contribution in [0.3, 0.4) is 0 Å². The van der Waals surface area contributed by atoms with Gasteiger partial charge in [-0.3, -0.25) is 0 Å². The van der Waals surface area contributed by atoms with Crippen molar-refractivity contribution in [3.8, 4) is 0 Å². The van der Waals surface area contributed by atoms with E-state index in [-0.39, 0.29) is 17.9 Å². The molecule has 5 nitrogen and oxygen atoms in total. The number of aromatic nitrogens is 2. The maximum absolute atomic E-state index is 8.95. The van der Waals surface area contributed by atoms with Gasteiger partial charge in [-0.05, 0) is 25.4 Å². The third kappa shape index (κ3) is 2.94. The van der Waals surface area contributed by atoms with Crippen LogP contribution in [0.5, 0.6) is 0 Å². The predicted octanol–water partition coefficient (Wildman–Crippen LogP) is 0.919. The third-order valence-corrected chi connectivity index (χ3v) is 2.18. The van der Waals surface area contributed by atoms with Gasteiger partial charge >= 0.3 is 0 Å². The molecule has 0 atom stereocenters. The molecule has 0 fully saturated rings. The van der Waals surface area contributed by atoms with Gasteiger partial charge in [0, 0.05) is 12.6 Å². The molecular formula is C9H15ClN4O. The van der Waals surface area contributed by atoms with Gasteiger partial charge < -0.3 is 15.7 Å². The van der Waals surface area contributed by atoms with Crippen LogP contribution in [-0.2, 0) is 0 Å². The minimum absolute atomic E-state index is 0.0409. The third-order valence-electron chi connectivity index (χ3n) is 2.00. The summed E-state index contributed by atoms with van der Waals surface area (Å²) in [7, 11) is 0. The normalized spacial score (nSPS) is 10.7. The monoisotopic (exact) mass is 230 g/mol. The van der Waals surface area contributed by atoms with Crippen molar-refractivity contribution in [2.45, 2.75) is 19.9 Å². The minimum atomic E-state index is 0.0409. The van der Waals surface area contributed by atoms with Crippen LogP contribution in [-0.4, -0.2) is 34.3 Å². The van der Waals surface area contributed by atoms with Crippen molar-refractivity contribution in [2.24, 2.45) is 0 Å². The molecule has 0 saturated carbocycles. The summed E-state index contributed by atoms with van der Waals surface area (Å²) in [5.74, 6) is 0.569. The quantitative estimate of drug-likeness (QED) is 0.753. The molecule has 6 heteroatoms. The van der Waals surface area contributed by atoms with Crippen LogP contribution in [0.4, 0.5) is 11.5 Å². The van der Waals surface area contributed by atoms with E-state index in [0.29, 0.717) is 18.1 Å². The van der Waals surface area contributed by atoms with E-state index in [1.54, 1.807) is 0 Å². The second-order valence-corrected chi connectivity index (χ2v) is 3.77. The van der Waals surface area contributed by atoms with Crippen LogP contribution in [0.15, 0.2) is 6.20 Å². The lowest BCUT2D eigenvalue weighted by Gasteiger charge is -2.27. The number of aliphatic hydroxyl groups excluding tert-OH is 1. The summed E-state index contributed by atoms with van der Waals surface area (Å²) in [4.78, 5) is 9.72. The van der Waals surface area contributed by atoms with Crippen molar-refractivity contribution in [3.63, 3.8) is 0 Å². The Kier molecular flexibility index (Phi) is 4.11. The summed E-state index contributed by atoms with van der Waals surface area (Å²) < 4.78 is 0. The van der Waals surface area contributed by atoms with Crippen molar-refractivity contribution in [2.75, 3.05) is 23.8 Å². The summed E-state index contributed by atoms with van der Waals surface area (Å²) in [6.07, 6.45) is 1.47. The minimum Gasteiger partial charge on any atom is -0.395 e. The van der Waals surface area contributed by atoms with Gasteiger partial charge in [-0.15, -0.1) is 0 Å². The van der Waals surface area contributed by atoms with Crippen molar-refractivity contribution in [1.29, 1.82) is 0 Å². The molecule has 1 heterocycles. The van der Waals surface area contributed by atoms with E-state index in [9.17, 15) is 0 Å². The van der Waals surface area contributed by atoms with E-state index in [1.165, 1.54) is 6.20 Å². The van der Waals surface area contributed by atoms with Gasteiger partial charge in [-0.2, -0.15) is 4.98 Å². The smallest absolute Gasteiger partial charge is 0.224 e. The number of anilines is 2. The maximum atomic E-state index is 8.95. The summed E-state index contributed by atoms with van der Waals surface area (Å²) in [6.45, 7) is 4.49. The predicted molar refractivity (Wildman–Crippen MR) is 61.0 cm³/mol. The van der Waals surface area contributed by atoms with Crippen molar-refractivity contribution >= 4 is 23.1 Å². The number of rotatable bonds is 4. The Morgan fingerprint density at radius 3 is 2.80 bits per heavy atom. The SMILES string of the molecule is CC(C)N(CCO)c1nc(Cl)ncc1N. The zero-order valence-corrected chi connectivity index (χ0v) is 9.57. The molecule has 0 aromatic carbocycles. The number of nitrogen functional groups attached to an aromatic ring is 1. The van der Waals surface area contributed by atoms with Crippen molar-refractivity contribution < 1.29 is 5.11 Å². The Labute approximate surface area is 93.9 Å². The molecular weight excluding hydrogens is 216 g/mol. The van der Waals surface area contributed by atoms with Crippen LogP contribution >= 0.6 is 11.6 Å². The molecule has 15 heavy (non-hydrogen) atoms. The van der Waals surface area contributed by atoms with Crippen LogP contribution in [0, 0.1) is 0 Å². The average molecular weight is 231 g/mol. The Morgan fingerprint density at radius 1 is 1.60 bits per heavy atom. The van der Waals surface area contributed by atoms with Gasteiger partial charge in [0.05, 0.1) is 18.5 Å². The fraction of sp³-hybridized carbons (Fsp3) is 0.556. The second kappa shape index (κ2) is 5.14. The van der Waals surface area contributed by atoms with Gasteiger partial charge in [-0.25, -0.2) is 4.98 Å². The molecule has 1 rings (SSSR count). The topological polar surface area (TPSA) is 75.3 Å². The van der Waals surface area contributed by atoms with Crippen LogP contribution in [0.2, 0.25) is 5.28 Å². The van der Waals surface area contributed by atoms with Crippen LogP contribution < -0.4 is 10.6 Å². The molecule has 0 radical (unpaired) electrons. The number of nitrogens with two attached hydrogens (primary N) is 1. The Morgan fingerprint density at radius 2 is 2.27 bits per heavy atom. The lowest BCUT2D eigenvalue weighted by atomic mass is 10.3. The Balaban J connectivity index is 3.04. The molecule has 0 aliphatic carbocycles. The first kappa shape index (κ1) is 12.0. The highest BCUT2D eigenvalue weighted by Gasteiger charge is 2.15. The molecule has 0 spiro atoms. The Hall–Kier alpha value is -1.07. The molecule has 0 aliphatic rings. The second-order valence-electron chi connectivity index (χ2n) is 3.43. The Bertz CT molecular complexity index is 332. The lowest BCUT2D eigenvalue weighted by molar-refractivity contribution is 0.298. The summed E-state index contributed by atoms with van der Waals surface area (Å²) in [5, 5.41) is 9.10. The molecule has 84 valence electrons. The highest BCUT2D eigenvalue weighted by molar-refractivity contribution is 6.28. The van der Waals surface area contributed by atoms with Crippen molar-refractivity contribution in [1.82, 2.24) is 9.97 Å². The van der Waals surface area contributed by atoms with E-state index in [1.807, 2.05) is 18.7 Å². The first-order chi connectivity index (χ1) is 7.06. The number of aliphatic hydroxyl groups is 1. The number of hydrogen-bond acceptors (Lipinski definition) is 5. The number of hydrogen-bond donors (Lipinski definition) is 2. The van der Waals surface area contributed by atoms with E-state index in [2.05, 4.69) is 9.97 Å². The summed E-state index contributed by atoms with van der Waals surface area (Å²) >= 11 is 5.70. The number of nitrogens with zero attached hydrogens (tertiary/aromatic N) is 3. The first-order valence-electron chi connectivity index (χ1n) is 4.71. The van der Waals surface area contributed by atoms with E-state index in [4.69, 9.17) is 22.4 Å². The van der Waals surface area contributed by atoms with E-state index < -0.39 is 0 Å². The lowest BCUT2D eigenvalue weighted by Crippen LogP contribution is -2.34. The highest BCUT2D eigenvalue weighted by Crippen LogP contribution is 2.22. The average Bonchev–Trinajstić information content (AvgIpc) is 2.18. The molecule has 1 aromatic rings. The van der Waals surface area contributed by atoms with E-state index in [0.717, 1.165) is 0 Å². The van der Waals surface area contributed by atoms with E-state index >= 15 is 0 Å². The molecule has 0 saturated heterocycles. The molecule has 0 unspecified atom stereocenters. The largest absolute Gasteiger partial charge is 0.395 e. The van der Waals surface area contributed by atoms with Gasteiger partial charge in [0.2, 0.25) is 5.28 Å². The molecule has 0 aliphatic heterocycles. The summed E-state index contributed by atoms with van der Waals surface area (Å²) in [5.41, 5.74) is 6.21. The van der Waals surface area contributed by atoms with Gasteiger partial charge in [0.25, 0.3) is 0 Å². The zero-order chi connectivity index (χ0) is 11.4. The zero-order valence-electron chi connectivity index (χ0n) is 8.81. The molecule has 0 bridgehead atoms. The first-order valence-corrected chi connectivity index (χ1v) is 5.09. The fourth-order valence-corrected chi connectivity index (χ4v) is 1.44. The van der Waals surface area contributed by atoms with Crippen LogP contribution in [0.25, 0.3) is 0 Å². The van der Waals surface area contributed by atoms with Crippen molar-refractivity contribution in [3.05, 3.63) is 11.5 Å². The van der Waals surface area contributed by atoms with Crippen LogP contribution in [0.1, 0.15) is 13.8 Å². The fourth-order valence-electron chi connectivity index (χ4n) is 1.31. The van der Waals surface area contributed by atoms with Gasteiger partial charge in [0.15, 0.2) is 5.82 Å². The summed E-state index contributed by atoms with van der Waals surface area (Å²) in [6, 6.07) is 0.186. The molecule has 0 amide bonds. The number of halogens is 1. The molecule has 1 aromatic heterocycles. The van der Waals surface area contributed by atoms with Gasteiger partial charge in [-0.1, -0.05) is 0 Å². The highest BCUT2D eigenvalue weighted by atomic mass is 35.5. The van der Waals surface area contributed by atoms with Gasteiger partial charge in [0.1, 0.15) is 0 Å². The standard InChI is InChI=1S/C9H15ClN4O/c1-6(2)14(3-4-15)8-7(11)5-12-9(10)13-8/h5-6,15H,3-4,11H2,1-2H3.